The highest BCUT2D eigenvalue weighted by molar-refractivity contribution is 7.10. The molecule has 5 rings (SSSR count). The van der Waals surface area contributed by atoms with Gasteiger partial charge in [0.05, 0.1) is 5.01 Å². The molecule has 0 radical (unpaired) electrons. The Morgan fingerprint density at radius 3 is 2.47 bits per heavy atom. The summed E-state index contributed by atoms with van der Waals surface area (Å²) in [5.41, 5.74) is 2.93. The Balaban J connectivity index is 1.05. The van der Waals surface area contributed by atoms with E-state index in [1.54, 1.807) is 11.3 Å². The molecule has 2 fully saturated rings. The van der Waals surface area contributed by atoms with Crippen LogP contribution in [0, 0.1) is 13.8 Å². The third kappa shape index (κ3) is 6.62. The number of thiazole rings is 1. The Morgan fingerprint density at radius 1 is 0.974 bits per heavy atom. The number of amides is 2. The Hall–Kier alpha value is -2.75. The van der Waals surface area contributed by atoms with Crippen molar-refractivity contribution in [3.05, 3.63) is 67.8 Å². The highest BCUT2D eigenvalue weighted by atomic mass is 32.1. The van der Waals surface area contributed by atoms with Crippen molar-refractivity contribution in [1.82, 2.24) is 19.7 Å². The van der Waals surface area contributed by atoms with Crippen LogP contribution >= 0.6 is 22.7 Å². The molecule has 0 atom stereocenters. The topological polar surface area (TPSA) is 66.0 Å². The third-order valence-corrected chi connectivity index (χ3v) is 9.64. The van der Waals surface area contributed by atoms with Gasteiger partial charge in [-0.2, -0.15) is 0 Å². The molecule has 3 aromatic rings. The minimum Gasteiger partial charge on any atom is -0.484 e. The number of likely N-dealkylation sites (tertiary alicyclic amines) is 1. The second kappa shape index (κ2) is 12.4. The summed E-state index contributed by atoms with van der Waals surface area (Å²) in [6.45, 7) is 9.91. The Kier molecular flexibility index (Phi) is 8.76. The summed E-state index contributed by atoms with van der Waals surface area (Å²) >= 11 is 3.39. The number of aryl methyl sites for hydroxylation is 2. The molecular weight excluding hydrogens is 516 g/mol. The summed E-state index contributed by atoms with van der Waals surface area (Å²) in [7, 11) is 0. The lowest BCUT2D eigenvalue weighted by Gasteiger charge is -2.34. The number of thiophene rings is 1. The molecule has 9 heteroatoms. The number of ether oxygens (including phenoxy) is 1. The zero-order chi connectivity index (χ0) is 26.5. The lowest BCUT2D eigenvalue weighted by molar-refractivity contribution is -0.134. The molecule has 0 bridgehead atoms. The van der Waals surface area contributed by atoms with E-state index >= 15 is 0 Å². The molecule has 1 aromatic carbocycles. The molecule has 202 valence electrons. The maximum Gasteiger partial charge on any atom is 0.273 e. The molecular formula is C29H36N4O3S2. The number of piperazine rings is 1. The number of hydrogen-bond donors (Lipinski definition) is 0. The van der Waals surface area contributed by atoms with Crippen molar-refractivity contribution in [2.75, 3.05) is 52.4 Å². The molecule has 2 aliphatic heterocycles. The monoisotopic (exact) mass is 552 g/mol. The number of piperidine rings is 1. The van der Waals surface area contributed by atoms with Crippen LogP contribution in [0.1, 0.15) is 50.3 Å². The number of hydrogen-bond acceptors (Lipinski definition) is 7. The molecule has 7 nitrogen and oxygen atoms in total. The minimum atomic E-state index is 0.0196. The van der Waals surface area contributed by atoms with E-state index in [-0.39, 0.29) is 18.4 Å². The van der Waals surface area contributed by atoms with E-state index in [0.717, 1.165) is 68.3 Å². The summed E-state index contributed by atoms with van der Waals surface area (Å²) in [4.78, 5) is 38.2. The quantitative estimate of drug-likeness (QED) is 0.409. The average molecular weight is 553 g/mol. The van der Waals surface area contributed by atoms with Gasteiger partial charge in [0, 0.05) is 62.0 Å². The zero-order valence-electron chi connectivity index (χ0n) is 22.2. The number of carbonyl (C=O) groups excluding carboxylic acids is 2. The van der Waals surface area contributed by atoms with E-state index in [4.69, 9.17) is 9.72 Å². The van der Waals surface area contributed by atoms with Gasteiger partial charge in [-0.1, -0.05) is 12.1 Å². The number of nitrogens with zero attached hydrogens (tertiary/aromatic N) is 4. The number of carbonyl (C=O) groups is 2. The van der Waals surface area contributed by atoms with Gasteiger partial charge in [0.25, 0.3) is 11.8 Å². The summed E-state index contributed by atoms with van der Waals surface area (Å²) in [5, 5.41) is 5.05. The number of aromatic nitrogens is 1. The maximum absolute atomic E-state index is 13.1. The van der Waals surface area contributed by atoms with Gasteiger partial charge in [-0.05, 0) is 67.8 Å². The van der Waals surface area contributed by atoms with Gasteiger partial charge in [0.1, 0.15) is 11.4 Å². The number of rotatable bonds is 8. The van der Waals surface area contributed by atoms with E-state index in [1.165, 1.54) is 10.4 Å². The summed E-state index contributed by atoms with van der Waals surface area (Å²) in [6.07, 6.45) is 2.80. The molecule has 2 aliphatic rings. The van der Waals surface area contributed by atoms with E-state index < -0.39 is 0 Å². The van der Waals surface area contributed by atoms with Crippen molar-refractivity contribution < 1.29 is 14.3 Å². The van der Waals surface area contributed by atoms with Gasteiger partial charge < -0.3 is 14.5 Å². The molecule has 38 heavy (non-hydrogen) atoms. The normalized spacial score (nSPS) is 17.1. The van der Waals surface area contributed by atoms with Crippen molar-refractivity contribution in [3.8, 4) is 5.75 Å². The SMILES string of the molecule is Cc1ccc(OCC(=O)N2CCC(c3nc(C(=O)N4CCN(CCc5cccs5)CC4)cs3)CC2)cc1C. The highest BCUT2D eigenvalue weighted by Gasteiger charge is 2.28. The van der Waals surface area contributed by atoms with E-state index in [1.807, 2.05) is 51.6 Å². The van der Waals surface area contributed by atoms with E-state index in [0.29, 0.717) is 24.7 Å². The fourth-order valence-electron chi connectivity index (χ4n) is 5.05. The first-order valence-electron chi connectivity index (χ1n) is 13.4. The fraction of sp³-hybridized carbons (Fsp3) is 0.483. The first kappa shape index (κ1) is 26.8. The largest absolute Gasteiger partial charge is 0.484 e. The van der Waals surface area contributed by atoms with Gasteiger partial charge in [-0.25, -0.2) is 4.98 Å². The Morgan fingerprint density at radius 2 is 1.76 bits per heavy atom. The third-order valence-electron chi connectivity index (χ3n) is 7.69. The summed E-state index contributed by atoms with van der Waals surface area (Å²) < 4.78 is 5.75. The minimum absolute atomic E-state index is 0.0196. The van der Waals surface area contributed by atoms with Crippen LogP contribution in [-0.4, -0.2) is 83.9 Å². The van der Waals surface area contributed by atoms with E-state index in [2.05, 4.69) is 29.3 Å². The predicted molar refractivity (Wildman–Crippen MR) is 152 cm³/mol. The lowest BCUT2D eigenvalue weighted by Crippen LogP contribution is -2.49. The smallest absolute Gasteiger partial charge is 0.273 e. The zero-order valence-corrected chi connectivity index (χ0v) is 23.9. The molecule has 2 aromatic heterocycles. The standard InChI is InChI=1S/C29H36N4O3S2/c1-21-5-6-24(18-22(21)2)36-19-27(34)32-11-7-23(8-12-32)28-30-26(20-38-28)29(35)33-15-13-31(14-16-33)10-9-25-4-3-17-37-25/h3-6,17-18,20,23H,7-16,19H2,1-2H3. The number of benzene rings is 1. The Bertz CT molecular complexity index is 1230. The summed E-state index contributed by atoms with van der Waals surface area (Å²) in [5.74, 6) is 1.09. The van der Waals surface area contributed by atoms with Crippen LogP contribution in [0.3, 0.4) is 0 Å². The van der Waals surface area contributed by atoms with Crippen LogP contribution < -0.4 is 4.74 Å². The van der Waals surface area contributed by atoms with Crippen LogP contribution in [0.4, 0.5) is 0 Å². The van der Waals surface area contributed by atoms with Gasteiger partial charge >= 0.3 is 0 Å². The molecule has 0 spiro atoms. The first-order valence-corrected chi connectivity index (χ1v) is 15.2. The Labute approximate surface area is 233 Å². The molecule has 4 heterocycles. The highest BCUT2D eigenvalue weighted by Crippen LogP contribution is 2.31. The fourth-order valence-corrected chi connectivity index (χ4v) is 6.71. The van der Waals surface area contributed by atoms with Gasteiger partial charge in [0.15, 0.2) is 6.61 Å². The van der Waals surface area contributed by atoms with Crippen molar-refractivity contribution in [1.29, 1.82) is 0 Å². The van der Waals surface area contributed by atoms with Crippen LogP contribution in [0.2, 0.25) is 0 Å². The first-order chi connectivity index (χ1) is 18.5. The van der Waals surface area contributed by atoms with E-state index in [9.17, 15) is 9.59 Å². The van der Waals surface area contributed by atoms with Crippen molar-refractivity contribution in [2.45, 2.75) is 39.0 Å². The molecule has 2 saturated heterocycles. The van der Waals surface area contributed by atoms with Crippen LogP contribution in [0.25, 0.3) is 0 Å². The second-order valence-corrected chi connectivity index (χ2v) is 12.1. The molecule has 0 N–H and O–H groups in total. The lowest BCUT2D eigenvalue weighted by atomic mass is 9.97. The van der Waals surface area contributed by atoms with Crippen molar-refractivity contribution in [3.63, 3.8) is 0 Å². The van der Waals surface area contributed by atoms with Crippen LogP contribution in [-0.2, 0) is 11.2 Å². The van der Waals surface area contributed by atoms with Gasteiger partial charge in [-0.3, -0.25) is 14.5 Å². The average Bonchev–Trinajstić information content (AvgIpc) is 3.65. The van der Waals surface area contributed by atoms with Crippen LogP contribution in [0.5, 0.6) is 5.75 Å². The van der Waals surface area contributed by atoms with Crippen molar-refractivity contribution >= 4 is 34.5 Å². The molecule has 0 saturated carbocycles. The molecule has 0 unspecified atom stereocenters. The summed E-state index contributed by atoms with van der Waals surface area (Å²) in [6, 6.07) is 10.2. The predicted octanol–water partition coefficient (Wildman–Crippen LogP) is 4.61. The molecule has 2 amide bonds. The van der Waals surface area contributed by atoms with Crippen molar-refractivity contribution in [2.24, 2.45) is 0 Å². The van der Waals surface area contributed by atoms with Gasteiger partial charge in [-0.15, -0.1) is 22.7 Å². The van der Waals surface area contributed by atoms with Crippen LogP contribution in [0.15, 0.2) is 41.1 Å². The maximum atomic E-state index is 13.1. The molecule has 0 aliphatic carbocycles. The second-order valence-electron chi connectivity index (χ2n) is 10.2. The van der Waals surface area contributed by atoms with Gasteiger partial charge in [0.2, 0.25) is 0 Å².